The van der Waals surface area contributed by atoms with Crippen LogP contribution in [-0.2, 0) is 9.74 Å². The van der Waals surface area contributed by atoms with Crippen molar-refractivity contribution < 1.29 is 80.1 Å². The summed E-state index contributed by atoms with van der Waals surface area (Å²) >= 11 is 0. The van der Waals surface area contributed by atoms with E-state index in [0.717, 1.165) is 0 Å². The maximum atomic E-state index is 14.6. The molecule has 0 radical (unpaired) electrons. The molecule has 4 aliphatic carbocycles. The van der Waals surface area contributed by atoms with Crippen molar-refractivity contribution >= 4 is 5.78 Å². The standard InChI is InChI=1S/C11F16O2/c12-2-1(28)3(13)8(19,20)5(15,4(2,14)11(25,26)29-27)10(23,24)6(16,7(2,17)18)9(3,21)22. The molecule has 0 amide bonds. The van der Waals surface area contributed by atoms with E-state index in [9.17, 15) is 75.2 Å². The number of hydrogen-bond acceptors (Lipinski definition) is 2. The van der Waals surface area contributed by atoms with Crippen LogP contribution in [0, 0.1) is 0 Å². The van der Waals surface area contributed by atoms with E-state index in [-0.39, 0.29) is 0 Å². The van der Waals surface area contributed by atoms with Gasteiger partial charge in [0, 0.05) is 0 Å². The molecule has 4 aliphatic rings. The first-order valence-electron chi connectivity index (χ1n) is 6.65. The molecular weight excluding hydrogens is 468 g/mol. The van der Waals surface area contributed by atoms with Gasteiger partial charge >= 0.3 is 41.1 Å². The van der Waals surface area contributed by atoms with E-state index in [0.29, 0.717) is 0 Å². The number of halogens is 16. The number of carbonyl (C=O) groups excluding carboxylic acids is 1. The Kier molecular flexibility index (Phi) is 3.38. The first-order valence-corrected chi connectivity index (χ1v) is 6.65. The van der Waals surface area contributed by atoms with E-state index >= 15 is 0 Å². The average Bonchev–Trinajstić information content (AvgIpc) is 2.59. The fraction of sp³-hybridized carbons (Fsp3) is 0.909. The van der Waals surface area contributed by atoms with Crippen LogP contribution >= 0.6 is 0 Å². The number of Topliss-reactive ketones (excluding diaryl/α,β-unsaturated/α-hetero) is 1. The van der Waals surface area contributed by atoms with Crippen LogP contribution in [-0.4, -0.2) is 63.9 Å². The van der Waals surface area contributed by atoms with Crippen LogP contribution in [0.5, 0.6) is 0 Å². The SMILES string of the molecule is O=C1C2(F)C(F)(F)C3(F)C(F)(F)C1(F)C(F)(C(F)(F)OF)C(F)(C2(F)F)C3(F)F. The van der Waals surface area contributed by atoms with Gasteiger partial charge in [-0.15, -0.1) is 4.94 Å². The van der Waals surface area contributed by atoms with Crippen LogP contribution < -0.4 is 0 Å². The fourth-order valence-electron chi connectivity index (χ4n) is 4.10. The summed E-state index contributed by atoms with van der Waals surface area (Å²) in [6.45, 7) is 0. The normalized spacial score (nSPS) is 51.4. The zero-order valence-corrected chi connectivity index (χ0v) is 12.4. The molecule has 18 heteroatoms. The summed E-state index contributed by atoms with van der Waals surface area (Å²) in [6.07, 6.45) is -7.56. The molecule has 2 nitrogen and oxygen atoms in total. The molecule has 5 unspecified atom stereocenters. The highest BCUT2D eigenvalue weighted by Crippen LogP contribution is 2.86. The number of alkyl halides is 15. The minimum atomic E-state index is -8.11. The van der Waals surface area contributed by atoms with Crippen molar-refractivity contribution in [2.75, 3.05) is 0 Å². The molecule has 0 aromatic heterocycles. The zero-order valence-electron chi connectivity index (χ0n) is 12.4. The van der Waals surface area contributed by atoms with Crippen LogP contribution in [0.3, 0.4) is 0 Å². The van der Waals surface area contributed by atoms with E-state index in [2.05, 4.69) is 0 Å². The molecule has 0 aromatic carbocycles. The summed E-state index contributed by atoms with van der Waals surface area (Å²) < 4.78 is 223. The fourth-order valence-corrected chi connectivity index (χ4v) is 4.10. The van der Waals surface area contributed by atoms with Crippen molar-refractivity contribution in [3.05, 3.63) is 0 Å². The highest BCUT2D eigenvalue weighted by atomic mass is 19.4. The molecular formula is C11F16O2. The molecule has 4 bridgehead atoms. The molecule has 5 atom stereocenters. The molecule has 4 fully saturated rings. The maximum Gasteiger partial charge on any atom is 0.426 e. The van der Waals surface area contributed by atoms with E-state index in [1.165, 1.54) is 4.94 Å². The summed E-state index contributed by atoms with van der Waals surface area (Å²) in [7, 11) is 0. The molecule has 168 valence electrons. The van der Waals surface area contributed by atoms with E-state index in [1.807, 2.05) is 0 Å². The first-order chi connectivity index (χ1) is 12.5. The van der Waals surface area contributed by atoms with Gasteiger partial charge in [-0.2, -0.15) is 43.9 Å². The minimum absolute atomic E-state index is 1.17. The zero-order chi connectivity index (χ0) is 23.3. The van der Waals surface area contributed by atoms with Crippen molar-refractivity contribution in [2.24, 2.45) is 0 Å². The Morgan fingerprint density at radius 3 is 1.31 bits per heavy atom. The highest BCUT2D eigenvalue weighted by molar-refractivity contribution is 6.04. The van der Waals surface area contributed by atoms with Crippen molar-refractivity contribution in [1.29, 1.82) is 0 Å². The van der Waals surface area contributed by atoms with E-state index < -0.39 is 63.9 Å². The van der Waals surface area contributed by atoms with Crippen molar-refractivity contribution in [1.82, 2.24) is 0 Å². The maximum absolute atomic E-state index is 14.6. The number of carbonyl (C=O) groups is 1. The Morgan fingerprint density at radius 2 is 0.931 bits per heavy atom. The quantitative estimate of drug-likeness (QED) is 0.569. The molecule has 0 aromatic rings. The second-order valence-electron chi connectivity index (χ2n) is 6.51. The Labute approximate surface area is 145 Å². The summed E-state index contributed by atoms with van der Waals surface area (Å²) in [5, 5.41) is 0. The number of ketones is 1. The van der Waals surface area contributed by atoms with Gasteiger partial charge in [-0.05, 0) is 4.53 Å². The van der Waals surface area contributed by atoms with Gasteiger partial charge in [0.2, 0.25) is 5.78 Å². The van der Waals surface area contributed by atoms with E-state index in [4.69, 9.17) is 0 Å². The Hall–Kier alpha value is -1.49. The van der Waals surface area contributed by atoms with Gasteiger partial charge in [0.05, 0.1) is 0 Å². The molecule has 0 spiro atoms. The van der Waals surface area contributed by atoms with E-state index in [1.54, 1.807) is 0 Å². The van der Waals surface area contributed by atoms with Crippen molar-refractivity contribution in [3.8, 4) is 0 Å². The molecule has 29 heavy (non-hydrogen) atoms. The Balaban J connectivity index is 2.72. The van der Waals surface area contributed by atoms with Crippen molar-refractivity contribution in [2.45, 2.75) is 58.1 Å². The average molecular weight is 468 g/mol. The highest BCUT2D eigenvalue weighted by Gasteiger charge is 3.21. The second kappa shape index (κ2) is 4.42. The van der Waals surface area contributed by atoms with Gasteiger partial charge in [-0.3, -0.25) is 4.79 Å². The monoisotopic (exact) mass is 468 g/mol. The third kappa shape index (κ3) is 1.26. The number of rotatable bonds is 2. The van der Waals surface area contributed by atoms with Crippen LogP contribution in [0.4, 0.5) is 70.4 Å². The van der Waals surface area contributed by atoms with Gasteiger partial charge < -0.3 is 0 Å². The van der Waals surface area contributed by atoms with Gasteiger partial charge in [0.15, 0.2) is 0 Å². The summed E-state index contributed by atoms with van der Waals surface area (Å²) in [4.78, 5) is 12.6. The third-order valence-corrected chi connectivity index (χ3v) is 5.53. The second-order valence-corrected chi connectivity index (χ2v) is 6.51. The van der Waals surface area contributed by atoms with Crippen LogP contribution in [0.1, 0.15) is 0 Å². The van der Waals surface area contributed by atoms with Crippen LogP contribution in [0.2, 0.25) is 0 Å². The molecule has 0 N–H and O–H groups in total. The lowest BCUT2D eigenvalue weighted by molar-refractivity contribution is -0.564. The smallest absolute Gasteiger partial charge is 0.291 e. The van der Waals surface area contributed by atoms with Gasteiger partial charge in [-0.25, -0.2) is 22.0 Å². The lowest BCUT2D eigenvalue weighted by Crippen LogP contribution is -3.08. The van der Waals surface area contributed by atoms with Gasteiger partial charge in [-0.1, -0.05) is 0 Å². The summed E-state index contributed by atoms with van der Waals surface area (Å²) in [6, 6.07) is 0. The lowest BCUT2D eigenvalue weighted by Gasteiger charge is -2.72. The third-order valence-electron chi connectivity index (χ3n) is 5.53. The summed E-state index contributed by atoms with van der Waals surface area (Å²) in [5.74, 6) is -36.5. The molecule has 0 heterocycles. The topological polar surface area (TPSA) is 26.3 Å². The first kappa shape index (κ1) is 22.2. The molecule has 0 saturated heterocycles. The Morgan fingerprint density at radius 1 is 0.586 bits per heavy atom. The van der Waals surface area contributed by atoms with Crippen LogP contribution in [0.15, 0.2) is 0 Å². The predicted octanol–water partition coefficient (Wildman–Crippen LogP) is 4.17. The molecule has 4 rings (SSSR count). The van der Waals surface area contributed by atoms with Crippen molar-refractivity contribution in [3.63, 3.8) is 0 Å². The predicted molar refractivity (Wildman–Crippen MR) is 51.1 cm³/mol. The lowest BCUT2D eigenvalue weighted by atomic mass is 9.38. The Bertz CT molecular complexity index is 824. The number of hydrogen-bond donors (Lipinski definition) is 0. The minimum Gasteiger partial charge on any atom is -0.291 e. The van der Waals surface area contributed by atoms with Gasteiger partial charge in [0.1, 0.15) is 0 Å². The molecule has 0 aliphatic heterocycles. The van der Waals surface area contributed by atoms with Gasteiger partial charge in [0.25, 0.3) is 17.0 Å². The van der Waals surface area contributed by atoms with Crippen LogP contribution in [0.25, 0.3) is 0 Å². The molecule has 4 saturated carbocycles. The largest absolute Gasteiger partial charge is 0.426 e. The summed E-state index contributed by atoms with van der Waals surface area (Å²) in [5.41, 5.74) is -38.8.